The molecule has 136 valence electrons. The van der Waals surface area contributed by atoms with E-state index in [1.54, 1.807) is 6.20 Å². The molecule has 0 bridgehead atoms. The molecular weight excluding hydrogens is 340 g/mol. The number of H-pyrrole nitrogens is 2. The van der Waals surface area contributed by atoms with Crippen LogP contribution in [0.4, 0.5) is 0 Å². The maximum Gasteiger partial charge on any atom is 0.256 e. The number of carbonyl (C=O) groups is 1. The number of hydrogen-bond donors (Lipinski definition) is 2. The topological polar surface area (TPSA) is 74.0 Å². The van der Waals surface area contributed by atoms with E-state index in [0.717, 1.165) is 38.6 Å². The van der Waals surface area contributed by atoms with Crippen LogP contribution in [0, 0.1) is 6.92 Å². The highest BCUT2D eigenvalue weighted by molar-refractivity contribution is 6.10. The van der Waals surface area contributed by atoms with Gasteiger partial charge in [-0.05, 0) is 30.7 Å². The van der Waals surface area contributed by atoms with Gasteiger partial charge >= 0.3 is 0 Å². The van der Waals surface area contributed by atoms with Crippen LogP contribution in [0.5, 0.6) is 0 Å². The molecule has 0 saturated carbocycles. The van der Waals surface area contributed by atoms with Crippen molar-refractivity contribution >= 4 is 27.7 Å². The third kappa shape index (κ3) is 2.61. The predicted molar refractivity (Wildman–Crippen MR) is 105 cm³/mol. The monoisotopic (exact) mass is 360 g/mol. The molecule has 0 spiro atoms. The number of aryl methyl sites for hydroxylation is 1. The lowest BCUT2D eigenvalue weighted by molar-refractivity contribution is 0.0304. The number of carbonyl (C=O) groups excluding carboxylic acids is 1. The number of benzene rings is 1. The zero-order valence-electron chi connectivity index (χ0n) is 15.1. The number of ether oxygens (including phenoxy) is 1. The first-order chi connectivity index (χ1) is 13.2. The van der Waals surface area contributed by atoms with E-state index in [0.29, 0.717) is 31.9 Å². The van der Waals surface area contributed by atoms with Crippen LogP contribution in [-0.2, 0) is 4.74 Å². The maximum absolute atomic E-state index is 13.1. The van der Waals surface area contributed by atoms with Gasteiger partial charge in [0, 0.05) is 53.5 Å². The molecule has 1 aliphatic heterocycles. The number of rotatable bonds is 2. The standard InChI is InChI=1S/C21H20N4O2/c1-13-11-23-20-18(13)16(21(26)25-6-8-27-9-7-25)12-24-19(20)15-2-3-17-14(10-15)4-5-22-17/h2-5,10-12,22-23H,6-9H2,1H3. The molecule has 1 aliphatic rings. The van der Waals surface area contributed by atoms with E-state index in [1.165, 1.54) is 0 Å². The van der Waals surface area contributed by atoms with Gasteiger partial charge in [0.25, 0.3) is 5.91 Å². The van der Waals surface area contributed by atoms with Crippen molar-refractivity contribution in [2.24, 2.45) is 0 Å². The molecule has 1 amide bonds. The Kier molecular flexibility index (Phi) is 3.72. The molecular formula is C21H20N4O2. The van der Waals surface area contributed by atoms with Crippen LogP contribution in [0.1, 0.15) is 15.9 Å². The molecule has 4 heterocycles. The van der Waals surface area contributed by atoms with E-state index in [9.17, 15) is 4.79 Å². The normalized spacial score (nSPS) is 14.9. The third-order valence-electron chi connectivity index (χ3n) is 5.26. The van der Waals surface area contributed by atoms with Crippen molar-refractivity contribution in [2.75, 3.05) is 26.3 Å². The average molecular weight is 360 g/mol. The average Bonchev–Trinajstić information content (AvgIpc) is 3.34. The molecule has 6 nitrogen and oxygen atoms in total. The van der Waals surface area contributed by atoms with Crippen molar-refractivity contribution in [3.8, 4) is 11.3 Å². The van der Waals surface area contributed by atoms with Crippen molar-refractivity contribution in [3.05, 3.63) is 54.0 Å². The van der Waals surface area contributed by atoms with Gasteiger partial charge in [0.05, 0.1) is 30.0 Å². The van der Waals surface area contributed by atoms with Gasteiger partial charge in [-0.15, -0.1) is 0 Å². The van der Waals surface area contributed by atoms with Gasteiger partial charge in [0.2, 0.25) is 0 Å². The van der Waals surface area contributed by atoms with E-state index in [1.807, 2.05) is 30.3 Å². The van der Waals surface area contributed by atoms with Crippen LogP contribution in [0.15, 0.2) is 42.9 Å². The van der Waals surface area contributed by atoms with Crippen LogP contribution in [0.3, 0.4) is 0 Å². The lowest BCUT2D eigenvalue weighted by Crippen LogP contribution is -2.40. The van der Waals surface area contributed by atoms with Gasteiger partial charge in [0.15, 0.2) is 0 Å². The molecule has 0 radical (unpaired) electrons. The van der Waals surface area contributed by atoms with Crippen molar-refractivity contribution in [2.45, 2.75) is 6.92 Å². The molecule has 5 rings (SSSR count). The Morgan fingerprint density at radius 3 is 2.89 bits per heavy atom. The van der Waals surface area contributed by atoms with Gasteiger partial charge in [0.1, 0.15) is 0 Å². The van der Waals surface area contributed by atoms with Gasteiger partial charge in [-0.2, -0.15) is 0 Å². The molecule has 0 aliphatic carbocycles. The Morgan fingerprint density at radius 2 is 2.04 bits per heavy atom. The van der Waals surface area contributed by atoms with Crippen LogP contribution < -0.4 is 0 Å². The van der Waals surface area contributed by atoms with Crippen LogP contribution in [0.2, 0.25) is 0 Å². The number of amides is 1. The van der Waals surface area contributed by atoms with Gasteiger partial charge < -0.3 is 19.6 Å². The lowest BCUT2D eigenvalue weighted by atomic mass is 10.0. The molecule has 1 aromatic carbocycles. The molecule has 2 N–H and O–H groups in total. The summed E-state index contributed by atoms with van der Waals surface area (Å²) in [4.78, 5) is 26.1. The highest BCUT2D eigenvalue weighted by Gasteiger charge is 2.23. The van der Waals surface area contributed by atoms with Gasteiger partial charge in [-0.3, -0.25) is 9.78 Å². The number of aromatic amines is 2. The first-order valence-corrected chi connectivity index (χ1v) is 9.13. The van der Waals surface area contributed by atoms with Gasteiger partial charge in [-0.1, -0.05) is 6.07 Å². The minimum atomic E-state index is 0.0196. The van der Waals surface area contributed by atoms with Crippen molar-refractivity contribution in [1.29, 1.82) is 0 Å². The second-order valence-corrected chi connectivity index (χ2v) is 6.93. The smallest absolute Gasteiger partial charge is 0.256 e. The second kappa shape index (κ2) is 6.25. The van der Waals surface area contributed by atoms with E-state index >= 15 is 0 Å². The van der Waals surface area contributed by atoms with E-state index in [2.05, 4.69) is 33.2 Å². The largest absolute Gasteiger partial charge is 0.378 e. The van der Waals surface area contributed by atoms with Crippen molar-refractivity contribution < 1.29 is 9.53 Å². The predicted octanol–water partition coefficient (Wildman–Crippen LogP) is 3.49. The number of aromatic nitrogens is 3. The summed E-state index contributed by atoms with van der Waals surface area (Å²) in [6.45, 7) is 4.44. The molecule has 3 aromatic heterocycles. The lowest BCUT2D eigenvalue weighted by Gasteiger charge is -2.27. The number of nitrogens with zero attached hydrogens (tertiary/aromatic N) is 2. The number of nitrogens with one attached hydrogen (secondary N) is 2. The Balaban J connectivity index is 1.64. The quantitative estimate of drug-likeness (QED) is 0.575. The molecule has 6 heteroatoms. The van der Waals surface area contributed by atoms with E-state index < -0.39 is 0 Å². The summed E-state index contributed by atoms with van der Waals surface area (Å²) in [7, 11) is 0. The SMILES string of the molecule is Cc1c[nH]c2c(-c3ccc4[nH]ccc4c3)ncc(C(=O)N3CCOCC3)c12. The first-order valence-electron chi connectivity index (χ1n) is 9.13. The summed E-state index contributed by atoms with van der Waals surface area (Å²) in [6.07, 6.45) is 5.60. The molecule has 27 heavy (non-hydrogen) atoms. The minimum absolute atomic E-state index is 0.0196. The number of hydrogen-bond acceptors (Lipinski definition) is 3. The van der Waals surface area contributed by atoms with Crippen molar-refractivity contribution in [3.63, 3.8) is 0 Å². The molecule has 0 unspecified atom stereocenters. The molecule has 1 saturated heterocycles. The fourth-order valence-corrected chi connectivity index (χ4v) is 3.83. The zero-order valence-corrected chi connectivity index (χ0v) is 15.1. The summed E-state index contributed by atoms with van der Waals surface area (Å²) in [5.41, 5.74) is 5.59. The third-order valence-corrected chi connectivity index (χ3v) is 5.26. The maximum atomic E-state index is 13.1. The Labute approximate surface area is 156 Å². The highest BCUT2D eigenvalue weighted by atomic mass is 16.5. The highest BCUT2D eigenvalue weighted by Crippen LogP contribution is 2.32. The van der Waals surface area contributed by atoms with Crippen LogP contribution >= 0.6 is 0 Å². The summed E-state index contributed by atoms with van der Waals surface area (Å²) in [5, 5.41) is 2.09. The van der Waals surface area contributed by atoms with Crippen molar-refractivity contribution in [1.82, 2.24) is 19.9 Å². The zero-order chi connectivity index (χ0) is 18.4. The second-order valence-electron chi connectivity index (χ2n) is 6.93. The molecule has 1 fully saturated rings. The van der Waals surface area contributed by atoms with Crippen LogP contribution in [0.25, 0.3) is 33.1 Å². The van der Waals surface area contributed by atoms with E-state index in [-0.39, 0.29) is 5.91 Å². The number of morpholine rings is 1. The van der Waals surface area contributed by atoms with E-state index in [4.69, 9.17) is 4.74 Å². The minimum Gasteiger partial charge on any atom is -0.378 e. The molecule has 4 aromatic rings. The fraction of sp³-hybridized carbons (Fsp3) is 0.238. The first kappa shape index (κ1) is 16.1. The number of pyridine rings is 1. The Hall–Kier alpha value is -3.12. The van der Waals surface area contributed by atoms with Crippen LogP contribution in [-0.4, -0.2) is 52.1 Å². The number of fused-ring (bicyclic) bond motifs is 2. The fourth-order valence-electron chi connectivity index (χ4n) is 3.83. The molecule has 0 atom stereocenters. The summed E-state index contributed by atoms with van der Waals surface area (Å²) in [6, 6.07) is 8.28. The Morgan fingerprint density at radius 1 is 1.19 bits per heavy atom. The summed E-state index contributed by atoms with van der Waals surface area (Å²) >= 11 is 0. The Bertz CT molecular complexity index is 1150. The van der Waals surface area contributed by atoms with Gasteiger partial charge in [-0.25, -0.2) is 0 Å². The summed E-state index contributed by atoms with van der Waals surface area (Å²) < 4.78 is 5.37. The summed E-state index contributed by atoms with van der Waals surface area (Å²) in [5.74, 6) is 0.0196.